The SMILES string of the molecule is Cc1cc(Cc2c(C(N)=O)ccc3cc(C(N)=O)ccc23)no1. The molecule has 0 spiro atoms. The monoisotopic (exact) mass is 309 g/mol. The smallest absolute Gasteiger partial charge is 0.249 e. The molecule has 2 amide bonds. The average Bonchev–Trinajstić information content (AvgIpc) is 2.91. The van der Waals surface area contributed by atoms with Gasteiger partial charge >= 0.3 is 0 Å². The predicted molar refractivity (Wildman–Crippen MR) is 85.0 cm³/mol. The highest BCUT2D eigenvalue weighted by Gasteiger charge is 2.15. The van der Waals surface area contributed by atoms with Crippen LogP contribution in [0.1, 0.15) is 37.7 Å². The van der Waals surface area contributed by atoms with Gasteiger partial charge in [-0.3, -0.25) is 9.59 Å². The van der Waals surface area contributed by atoms with Crippen LogP contribution in [0.4, 0.5) is 0 Å². The van der Waals surface area contributed by atoms with Crippen LogP contribution in [0.15, 0.2) is 40.9 Å². The highest BCUT2D eigenvalue weighted by Crippen LogP contribution is 2.26. The van der Waals surface area contributed by atoms with Crippen LogP contribution in [0.25, 0.3) is 10.8 Å². The number of rotatable bonds is 4. The standard InChI is InChI=1S/C17H15N3O3/c1-9-6-12(20-23-9)8-15-13-4-3-11(16(18)21)7-10(13)2-5-14(15)17(19)22/h2-7H,8H2,1H3,(H2,18,21)(H2,19,22). The van der Waals surface area contributed by atoms with Crippen molar-refractivity contribution in [2.45, 2.75) is 13.3 Å². The van der Waals surface area contributed by atoms with Crippen LogP contribution in [-0.2, 0) is 6.42 Å². The van der Waals surface area contributed by atoms with Gasteiger partial charge in [0.05, 0.1) is 5.69 Å². The Kier molecular flexibility index (Phi) is 3.57. The van der Waals surface area contributed by atoms with E-state index in [-0.39, 0.29) is 0 Å². The third kappa shape index (κ3) is 2.78. The zero-order valence-corrected chi connectivity index (χ0v) is 12.5. The Bertz CT molecular complexity index is 928. The molecule has 3 aromatic rings. The fraction of sp³-hybridized carbons (Fsp3) is 0.118. The molecule has 6 heteroatoms. The van der Waals surface area contributed by atoms with Crippen LogP contribution < -0.4 is 11.5 Å². The molecule has 1 aromatic heterocycles. The fourth-order valence-electron chi connectivity index (χ4n) is 2.65. The van der Waals surface area contributed by atoms with Crippen molar-refractivity contribution in [2.75, 3.05) is 0 Å². The molecule has 116 valence electrons. The second-order valence-corrected chi connectivity index (χ2v) is 5.36. The first-order valence-electron chi connectivity index (χ1n) is 7.03. The van der Waals surface area contributed by atoms with Gasteiger partial charge in [0.15, 0.2) is 0 Å². The summed E-state index contributed by atoms with van der Waals surface area (Å²) in [5, 5.41) is 5.60. The Morgan fingerprint density at radius 1 is 1.09 bits per heavy atom. The van der Waals surface area contributed by atoms with E-state index in [1.54, 1.807) is 43.3 Å². The number of benzene rings is 2. The van der Waals surface area contributed by atoms with E-state index in [9.17, 15) is 9.59 Å². The average molecular weight is 309 g/mol. The lowest BCUT2D eigenvalue weighted by molar-refractivity contribution is 0.0991. The molecule has 0 aliphatic carbocycles. The number of hydrogen-bond donors (Lipinski definition) is 2. The maximum atomic E-state index is 11.7. The summed E-state index contributed by atoms with van der Waals surface area (Å²) in [5.74, 6) is -0.322. The van der Waals surface area contributed by atoms with Gasteiger partial charge < -0.3 is 16.0 Å². The van der Waals surface area contributed by atoms with Gasteiger partial charge in [0, 0.05) is 23.6 Å². The summed E-state index contributed by atoms with van der Waals surface area (Å²) in [6, 6.07) is 10.3. The topological polar surface area (TPSA) is 112 Å². The molecule has 4 N–H and O–H groups in total. The number of aromatic nitrogens is 1. The molecule has 0 fully saturated rings. The largest absolute Gasteiger partial charge is 0.366 e. The van der Waals surface area contributed by atoms with E-state index in [0.29, 0.717) is 29.0 Å². The minimum atomic E-state index is -0.513. The Balaban J connectivity index is 2.19. The molecular weight excluding hydrogens is 294 g/mol. The molecule has 6 nitrogen and oxygen atoms in total. The Hall–Kier alpha value is -3.15. The third-order valence-electron chi connectivity index (χ3n) is 3.72. The molecule has 0 aliphatic heterocycles. The van der Waals surface area contributed by atoms with E-state index in [4.69, 9.17) is 16.0 Å². The lowest BCUT2D eigenvalue weighted by atomic mass is 9.94. The van der Waals surface area contributed by atoms with Crippen molar-refractivity contribution in [1.29, 1.82) is 0 Å². The van der Waals surface area contributed by atoms with Crippen LogP contribution in [0, 0.1) is 6.92 Å². The first kappa shape index (κ1) is 14.8. The van der Waals surface area contributed by atoms with Gasteiger partial charge in [-0.05, 0) is 41.5 Å². The number of primary amides is 2. The molecule has 0 atom stereocenters. The second kappa shape index (κ2) is 5.57. The summed E-state index contributed by atoms with van der Waals surface area (Å²) in [7, 11) is 0. The van der Waals surface area contributed by atoms with Crippen LogP contribution >= 0.6 is 0 Å². The normalized spacial score (nSPS) is 10.8. The number of fused-ring (bicyclic) bond motifs is 1. The van der Waals surface area contributed by atoms with Gasteiger partial charge in [0.1, 0.15) is 5.76 Å². The maximum Gasteiger partial charge on any atom is 0.249 e. The quantitative estimate of drug-likeness (QED) is 0.766. The third-order valence-corrected chi connectivity index (χ3v) is 3.72. The number of carbonyl (C=O) groups is 2. The summed E-state index contributed by atoms with van der Waals surface area (Å²) in [5.41, 5.74) is 13.1. The van der Waals surface area contributed by atoms with Gasteiger partial charge in [-0.2, -0.15) is 0 Å². The van der Waals surface area contributed by atoms with Gasteiger partial charge in [0.25, 0.3) is 0 Å². The van der Waals surface area contributed by atoms with E-state index < -0.39 is 11.8 Å². The maximum absolute atomic E-state index is 11.7. The van der Waals surface area contributed by atoms with Gasteiger partial charge in [-0.25, -0.2) is 0 Å². The van der Waals surface area contributed by atoms with Gasteiger partial charge in [-0.15, -0.1) is 0 Å². The number of aryl methyl sites for hydroxylation is 1. The van der Waals surface area contributed by atoms with E-state index in [1.807, 2.05) is 0 Å². The molecule has 0 unspecified atom stereocenters. The Labute approximate surface area is 132 Å². The van der Waals surface area contributed by atoms with Crippen LogP contribution in [0.2, 0.25) is 0 Å². The molecule has 0 aliphatic rings. The summed E-state index contributed by atoms with van der Waals surface area (Å²) in [6.45, 7) is 1.80. The number of hydrogen-bond acceptors (Lipinski definition) is 4. The molecule has 1 heterocycles. The second-order valence-electron chi connectivity index (χ2n) is 5.36. The number of nitrogens with zero attached hydrogens (tertiary/aromatic N) is 1. The highest BCUT2D eigenvalue weighted by atomic mass is 16.5. The van der Waals surface area contributed by atoms with E-state index in [0.717, 1.165) is 16.3 Å². The van der Waals surface area contributed by atoms with Crippen LogP contribution in [-0.4, -0.2) is 17.0 Å². The summed E-state index contributed by atoms with van der Waals surface area (Å²) in [4.78, 5) is 23.1. The molecule has 23 heavy (non-hydrogen) atoms. The molecule has 0 saturated carbocycles. The Morgan fingerprint density at radius 2 is 1.87 bits per heavy atom. The van der Waals surface area contributed by atoms with E-state index in [2.05, 4.69) is 5.16 Å². The first-order chi connectivity index (χ1) is 11.0. The minimum Gasteiger partial charge on any atom is -0.366 e. The summed E-state index contributed by atoms with van der Waals surface area (Å²) < 4.78 is 5.07. The molecule has 3 rings (SSSR count). The van der Waals surface area contributed by atoms with Crippen LogP contribution in [0.3, 0.4) is 0 Å². The Morgan fingerprint density at radius 3 is 2.48 bits per heavy atom. The van der Waals surface area contributed by atoms with Crippen molar-refractivity contribution in [3.05, 3.63) is 64.5 Å². The number of carbonyl (C=O) groups excluding carboxylic acids is 2. The zero-order chi connectivity index (χ0) is 16.6. The van der Waals surface area contributed by atoms with Gasteiger partial charge in [-0.1, -0.05) is 17.3 Å². The van der Waals surface area contributed by atoms with Crippen molar-refractivity contribution < 1.29 is 14.1 Å². The van der Waals surface area contributed by atoms with Crippen molar-refractivity contribution in [2.24, 2.45) is 11.5 Å². The van der Waals surface area contributed by atoms with Gasteiger partial charge in [0.2, 0.25) is 11.8 Å². The molecular formula is C17H15N3O3. The highest BCUT2D eigenvalue weighted by molar-refractivity contribution is 6.03. The lowest BCUT2D eigenvalue weighted by Crippen LogP contribution is -2.15. The minimum absolute atomic E-state index is 0.406. The van der Waals surface area contributed by atoms with Crippen molar-refractivity contribution in [1.82, 2.24) is 5.16 Å². The zero-order valence-electron chi connectivity index (χ0n) is 12.5. The van der Waals surface area contributed by atoms with Crippen molar-refractivity contribution in [3.8, 4) is 0 Å². The summed E-state index contributed by atoms with van der Waals surface area (Å²) in [6.07, 6.45) is 0.406. The number of nitrogens with two attached hydrogens (primary N) is 2. The summed E-state index contributed by atoms with van der Waals surface area (Å²) >= 11 is 0. The first-order valence-corrected chi connectivity index (χ1v) is 7.03. The van der Waals surface area contributed by atoms with E-state index in [1.165, 1.54) is 0 Å². The predicted octanol–water partition coefficient (Wildman–Crippen LogP) is 1.92. The molecule has 0 saturated heterocycles. The number of amides is 2. The molecule has 0 radical (unpaired) electrons. The van der Waals surface area contributed by atoms with E-state index >= 15 is 0 Å². The fourth-order valence-corrected chi connectivity index (χ4v) is 2.65. The van der Waals surface area contributed by atoms with Crippen molar-refractivity contribution in [3.63, 3.8) is 0 Å². The van der Waals surface area contributed by atoms with Crippen LogP contribution in [0.5, 0.6) is 0 Å². The lowest BCUT2D eigenvalue weighted by Gasteiger charge is -2.10. The molecule has 0 bridgehead atoms. The van der Waals surface area contributed by atoms with Crippen molar-refractivity contribution >= 4 is 22.6 Å². The molecule has 2 aromatic carbocycles.